The fourth-order valence-electron chi connectivity index (χ4n) is 7.50. The predicted molar refractivity (Wildman–Crippen MR) is 237 cm³/mol. The lowest BCUT2D eigenvalue weighted by Gasteiger charge is -2.25. The number of nitrogen functional groups attached to an aromatic ring is 2. The summed E-state index contributed by atoms with van der Waals surface area (Å²) in [7, 11) is 1.12. The second kappa shape index (κ2) is 18.9. The molecule has 3 unspecified atom stereocenters. The number of ether oxygens (including phenoxy) is 3. The summed E-state index contributed by atoms with van der Waals surface area (Å²) in [5.74, 6) is -0.0706. The predicted octanol–water partition coefficient (Wildman–Crippen LogP) is 3.06. The molecular formula is C32H43N12O15P3S3. The van der Waals surface area contributed by atoms with E-state index in [1.807, 2.05) is 6.92 Å². The summed E-state index contributed by atoms with van der Waals surface area (Å²) >= 11 is 12.4. The van der Waals surface area contributed by atoms with Crippen molar-refractivity contribution in [3.63, 3.8) is 0 Å². The molecular weight excluding hydrogens is 982 g/mol. The SMILES string of the molecule is CO[P@@](=O)(S)OC[C@H]1O[C@@H](n2cnc3c(=O)[nH]c(N)nc32)CC1O[P@@](=O)(S)OC[C@H]1O[C@@H](n2cc(C)c(=O)[nH]c2=O)CC1O[P@@](=O)(S)OC[C@H]1O[C@@H](n2cnc3c(N)ncnc32)CC1C. The van der Waals surface area contributed by atoms with Crippen LogP contribution in [0.4, 0.5) is 11.8 Å². The molecule has 0 amide bonds. The van der Waals surface area contributed by atoms with E-state index in [4.69, 9.17) is 52.8 Å². The third kappa shape index (κ3) is 10.7. The number of hydrogen-bond acceptors (Lipinski definition) is 22. The highest BCUT2D eigenvalue weighted by Gasteiger charge is 2.46. The van der Waals surface area contributed by atoms with Crippen LogP contribution in [-0.2, 0) is 55.0 Å². The van der Waals surface area contributed by atoms with Crippen molar-refractivity contribution in [2.75, 3.05) is 38.4 Å². The lowest BCUT2D eigenvalue weighted by atomic mass is 10.0. The number of hydrogen-bond donors (Lipinski definition) is 7. The van der Waals surface area contributed by atoms with Crippen molar-refractivity contribution < 1.29 is 55.0 Å². The Morgan fingerprint density at radius 2 is 1.26 bits per heavy atom. The van der Waals surface area contributed by atoms with Crippen LogP contribution >= 0.6 is 57.1 Å². The molecule has 0 aliphatic carbocycles. The van der Waals surface area contributed by atoms with Crippen molar-refractivity contribution in [2.45, 2.75) is 82.3 Å². The van der Waals surface area contributed by atoms with Crippen LogP contribution in [0, 0.1) is 12.8 Å². The van der Waals surface area contributed by atoms with Gasteiger partial charge >= 0.3 is 26.1 Å². The van der Waals surface area contributed by atoms with Crippen LogP contribution in [0.2, 0.25) is 0 Å². The number of imidazole rings is 2. The minimum atomic E-state index is -4.43. The number of H-pyrrole nitrogens is 2. The standard InChI is InChI=1S/C32H43N12O15P3S3/c1-14-4-21(43-12-37-24-26(33)35-11-36-27(24)43)55-18(14)8-53-61(49,64)58-16-5-22(42-7-15(2)29(45)41-32(42)47)56-20(16)10-54-62(50,65)59-17-6-23(57-19(17)9-52-60(48,63)51-3)44-13-38-25-28(44)39-31(34)40-30(25)46/h7,11-14,16-23H,4-6,8-10H2,1-3H3,(H,48,63)(H,49,64)(H,50,65)(H2,33,35,36)(H,41,45,47)(H3,34,39,40,46)/t14?,16?,17?,18-,19-,20-,21-,22-,23-,60-,61+,62+/m1/s1. The maximum atomic E-state index is 14.0. The molecule has 0 saturated carbocycles. The molecule has 33 heteroatoms. The van der Waals surface area contributed by atoms with Gasteiger partial charge in [0.2, 0.25) is 5.95 Å². The Labute approximate surface area is 382 Å². The zero-order chi connectivity index (χ0) is 46.6. The van der Waals surface area contributed by atoms with Gasteiger partial charge in [0.05, 0.1) is 38.6 Å². The van der Waals surface area contributed by atoms with Crippen LogP contribution in [0.1, 0.15) is 50.4 Å². The van der Waals surface area contributed by atoms with Gasteiger partial charge in [0.1, 0.15) is 54.9 Å². The number of nitrogens with zero attached hydrogens (tertiary/aromatic N) is 8. The Balaban J connectivity index is 0.964. The summed E-state index contributed by atoms with van der Waals surface area (Å²) in [5, 5.41) is 0. The molecule has 0 spiro atoms. The zero-order valence-electron chi connectivity index (χ0n) is 34.3. The molecule has 3 aliphatic heterocycles. The van der Waals surface area contributed by atoms with E-state index in [1.165, 1.54) is 30.3 Å². The number of rotatable bonds is 17. The van der Waals surface area contributed by atoms with Crippen LogP contribution in [0.5, 0.6) is 0 Å². The molecule has 3 saturated heterocycles. The molecule has 354 valence electrons. The monoisotopic (exact) mass is 1020 g/mol. The van der Waals surface area contributed by atoms with E-state index in [0.29, 0.717) is 17.6 Å². The minimum absolute atomic E-state index is 0.0406. The fourth-order valence-corrected chi connectivity index (χ4v) is 11.2. The van der Waals surface area contributed by atoms with Gasteiger partial charge < -0.3 is 30.2 Å². The van der Waals surface area contributed by atoms with Crippen LogP contribution < -0.4 is 28.3 Å². The molecule has 65 heavy (non-hydrogen) atoms. The molecule has 6 N–H and O–H groups in total. The van der Waals surface area contributed by atoms with E-state index in [9.17, 15) is 28.1 Å². The van der Waals surface area contributed by atoms with Crippen molar-refractivity contribution in [3.05, 3.63) is 61.9 Å². The Bertz CT molecular complexity index is 2920. The number of anilines is 2. The zero-order valence-corrected chi connectivity index (χ0v) is 39.7. The number of nitrogens with one attached hydrogen (secondary N) is 2. The quantitative estimate of drug-likeness (QED) is 0.0520. The average molecular weight is 1020 g/mol. The van der Waals surface area contributed by atoms with Gasteiger partial charge in [-0.15, -0.1) is 0 Å². The smallest absolute Gasteiger partial charge is 0.382 e. The van der Waals surface area contributed by atoms with Crippen LogP contribution in [0.25, 0.3) is 22.3 Å². The second-order valence-corrected chi connectivity index (χ2v) is 24.0. The maximum Gasteiger partial charge on any atom is 0.386 e. The summed E-state index contributed by atoms with van der Waals surface area (Å²) in [6.45, 7) is -10.4. The molecule has 5 aromatic heterocycles. The number of aromatic amines is 2. The lowest BCUT2D eigenvalue weighted by molar-refractivity contribution is -0.0482. The summed E-state index contributed by atoms with van der Waals surface area (Å²) in [5.41, 5.74) is 10.8. The van der Waals surface area contributed by atoms with Gasteiger partial charge in [-0.25, -0.2) is 38.4 Å². The van der Waals surface area contributed by atoms with E-state index >= 15 is 0 Å². The Morgan fingerprint density at radius 3 is 1.89 bits per heavy atom. The molecule has 0 aromatic carbocycles. The normalized spacial score (nSPS) is 28.7. The van der Waals surface area contributed by atoms with Crippen molar-refractivity contribution in [2.24, 2.45) is 5.92 Å². The Morgan fingerprint density at radius 1 is 0.723 bits per heavy atom. The number of aromatic nitrogens is 10. The topological polar surface area (TPSA) is 348 Å². The second-order valence-electron chi connectivity index (χ2n) is 15.2. The van der Waals surface area contributed by atoms with E-state index in [1.54, 1.807) is 10.9 Å². The van der Waals surface area contributed by atoms with Gasteiger partial charge in [-0.1, -0.05) is 43.7 Å². The summed E-state index contributed by atoms with van der Waals surface area (Å²) in [4.78, 5) is 62.9. The third-order valence-electron chi connectivity index (χ3n) is 10.8. The lowest BCUT2D eigenvalue weighted by Crippen LogP contribution is -2.33. The van der Waals surface area contributed by atoms with Crippen molar-refractivity contribution in [3.8, 4) is 0 Å². The molecule has 27 nitrogen and oxygen atoms in total. The maximum absolute atomic E-state index is 14.0. The highest BCUT2D eigenvalue weighted by molar-refractivity contribution is 8.45. The molecule has 5 aromatic rings. The molecule has 3 aliphatic rings. The first-order chi connectivity index (χ1) is 30.7. The molecule has 8 rings (SSSR count). The first-order valence-corrected chi connectivity index (χ1v) is 27.6. The fraction of sp³-hybridized carbons (Fsp3) is 0.562. The van der Waals surface area contributed by atoms with E-state index < -0.39 is 99.6 Å². The van der Waals surface area contributed by atoms with E-state index in [0.717, 1.165) is 11.7 Å². The van der Waals surface area contributed by atoms with Crippen molar-refractivity contribution in [1.29, 1.82) is 0 Å². The van der Waals surface area contributed by atoms with Crippen molar-refractivity contribution in [1.82, 2.24) is 48.6 Å². The van der Waals surface area contributed by atoms with Crippen LogP contribution in [-0.4, -0.2) is 106 Å². The number of fused-ring (bicyclic) bond motifs is 2. The number of aryl methyl sites for hydroxylation is 1. The van der Waals surface area contributed by atoms with Gasteiger partial charge in [0.15, 0.2) is 22.6 Å². The van der Waals surface area contributed by atoms with Crippen LogP contribution in [0.3, 0.4) is 0 Å². The Hall–Kier alpha value is -3.44. The third-order valence-corrected chi connectivity index (χ3v) is 15.8. The van der Waals surface area contributed by atoms with E-state index in [-0.39, 0.29) is 53.9 Å². The van der Waals surface area contributed by atoms with Gasteiger partial charge in [-0.05, 0) is 19.3 Å². The Kier molecular flexibility index (Phi) is 14.0. The first-order valence-electron chi connectivity index (χ1n) is 19.5. The van der Waals surface area contributed by atoms with Gasteiger partial charge in [-0.2, -0.15) is 4.98 Å². The molecule has 0 radical (unpaired) electrons. The molecule has 8 heterocycles. The van der Waals surface area contributed by atoms with Crippen LogP contribution in [0.15, 0.2) is 39.6 Å². The summed E-state index contributed by atoms with van der Waals surface area (Å²) in [6, 6.07) is 0. The average Bonchev–Trinajstić information content (AvgIpc) is 4.08. The number of thiol groups is 3. The van der Waals surface area contributed by atoms with E-state index in [2.05, 4.69) is 71.6 Å². The summed E-state index contributed by atoms with van der Waals surface area (Å²) < 4.78 is 96.6. The van der Waals surface area contributed by atoms with Gasteiger partial charge in [0, 0.05) is 31.7 Å². The van der Waals surface area contributed by atoms with Gasteiger partial charge in [0.25, 0.3) is 11.1 Å². The molecule has 0 bridgehead atoms. The minimum Gasteiger partial charge on any atom is -0.382 e. The highest BCUT2D eigenvalue weighted by atomic mass is 32.7. The number of nitrogens with two attached hydrogens (primary N) is 2. The first kappa shape index (κ1) is 48.0. The molecule has 3 fully saturated rings. The summed E-state index contributed by atoms with van der Waals surface area (Å²) in [6.07, 6.45) is -2.12. The van der Waals surface area contributed by atoms with Crippen molar-refractivity contribution >= 4 is 91.2 Å². The largest absolute Gasteiger partial charge is 0.386 e. The van der Waals surface area contributed by atoms with Gasteiger partial charge in [-0.3, -0.25) is 55.9 Å². The highest BCUT2D eigenvalue weighted by Crippen LogP contribution is 2.59. The molecule has 12 atom stereocenters.